The molecule has 0 saturated carbocycles. The van der Waals surface area contributed by atoms with E-state index in [0.717, 1.165) is 28.8 Å². The van der Waals surface area contributed by atoms with Gasteiger partial charge in [0.05, 0.1) is 0 Å². The summed E-state index contributed by atoms with van der Waals surface area (Å²) in [6.07, 6.45) is 1.51. The fraction of sp³-hybridized carbons (Fsp3) is 0.240. The van der Waals surface area contributed by atoms with E-state index in [1.54, 1.807) is 12.1 Å². The third-order valence-corrected chi connectivity index (χ3v) is 5.73. The second kappa shape index (κ2) is 8.40. The van der Waals surface area contributed by atoms with Gasteiger partial charge >= 0.3 is 0 Å². The van der Waals surface area contributed by atoms with E-state index < -0.39 is 0 Å². The predicted molar refractivity (Wildman–Crippen MR) is 120 cm³/mol. The molecule has 29 heavy (non-hydrogen) atoms. The zero-order chi connectivity index (χ0) is 20.4. The van der Waals surface area contributed by atoms with Crippen LogP contribution in [0.15, 0.2) is 71.7 Å². The van der Waals surface area contributed by atoms with Crippen molar-refractivity contribution in [1.82, 2.24) is 5.32 Å². The summed E-state index contributed by atoms with van der Waals surface area (Å²) in [7, 11) is 0. The number of hydrogen-bond donors (Lipinski definition) is 2. The molecule has 2 atom stereocenters. The molecule has 0 amide bonds. The highest BCUT2D eigenvalue weighted by molar-refractivity contribution is 6.30. The van der Waals surface area contributed by atoms with Crippen LogP contribution in [-0.2, 0) is 6.42 Å². The second-order valence-electron chi connectivity index (χ2n) is 7.57. The van der Waals surface area contributed by atoms with Gasteiger partial charge in [0.1, 0.15) is 11.9 Å². The van der Waals surface area contributed by atoms with Crippen molar-refractivity contribution in [3.05, 3.63) is 99.6 Å². The second-order valence-corrected chi connectivity index (χ2v) is 8.00. The molecule has 4 rings (SSSR count). The number of phenolic OH excluding ortho intramolecular Hbond substituents is 1. The summed E-state index contributed by atoms with van der Waals surface area (Å²) >= 11 is 6.22. The van der Waals surface area contributed by atoms with Crippen molar-refractivity contribution in [2.75, 3.05) is 0 Å². The van der Waals surface area contributed by atoms with Gasteiger partial charge in [-0.3, -0.25) is 10.3 Å². The molecule has 3 nitrogen and oxygen atoms in total. The zero-order valence-electron chi connectivity index (χ0n) is 16.7. The lowest BCUT2D eigenvalue weighted by Crippen LogP contribution is -2.33. The molecule has 3 aromatic rings. The van der Waals surface area contributed by atoms with Gasteiger partial charge in [0, 0.05) is 28.8 Å². The third kappa shape index (κ3) is 4.36. The van der Waals surface area contributed by atoms with Crippen LogP contribution in [0.1, 0.15) is 53.4 Å². The lowest BCUT2D eigenvalue weighted by Gasteiger charge is -2.31. The molecule has 0 aromatic heterocycles. The van der Waals surface area contributed by atoms with E-state index in [4.69, 9.17) is 16.6 Å². The molecular weight excluding hydrogens is 380 g/mol. The van der Waals surface area contributed by atoms with Gasteiger partial charge in [-0.15, -0.1) is 0 Å². The van der Waals surface area contributed by atoms with Crippen molar-refractivity contribution in [3.63, 3.8) is 0 Å². The van der Waals surface area contributed by atoms with E-state index in [9.17, 15) is 5.11 Å². The maximum atomic E-state index is 10.5. The molecule has 0 unspecified atom stereocenters. The molecule has 0 saturated heterocycles. The fourth-order valence-electron chi connectivity index (χ4n) is 3.74. The van der Waals surface area contributed by atoms with Crippen LogP contribution in [0.5, 0.6) is 5.75 Å². The van der Waals surface area contributed by atoms with Gasteiger partial charge in [0.2, 0.25) is 0 Å². The van der Waals surface area contributed by atoms with Crippen LogP contribution in [0.3, 0.4) is 0 Å². The Bertz CT molecular complexity index is 1030. The Balaban J connectivity index is 1.75. The van der Waals surface area contributed by atoms with Crippen molar-refractivity contribution in [1.29, 1.82) is 0 Å². The number of nitrogens with zero attached hydrogens (tertiary/aromatic N) is 1. The quantitative estimate of drug-likeness (QED) is 0.548. The number of hydrogen-bond acceptors (Lipinski definition) is 3. The van der Waals surface area contributed by atoms with Crippen LogP contribution in [0, 0.1) is 6.92 Å². The average Bonchev–Trinajstić information content (AvgIpc) is 2.75. The van der Waals surface area contributed by atoms with Crippen molar-refractivity contribution in [3.8, 4) is 5.75 Å². The molecule has 0 radical (unpaired) electrons. The number of nitrogens with one attached hydrogen (secondary N) is 1. The number of benzene rings is 3. The normalized spacial score (nSPS) is 19.1. The highest BCUT2D eigenvalue weighted by Crippen LogP contribution is 2.35. The van der Waals surface area contributed by atoms with E-state index in [0.29, 0.717) is 11.4 Å². The van der Waals surface area contributed by atoms with Gasteiger partial charge in [-0.1, -0.05) is 72.6 Å². The Labute approximate surface area is 177 Å². The van der Waals surface area contributed by atoms with E-state index in [-0.39, 0.29) is 18.0 Å². The van der Waals surface area contributed by atoms with Gasteiger partial charge in [0.15, 0.2) is 0 Å². The highest BCUT2D eigenvalue weighted by Gasteiger charge is 2.27. The number of phenols is 1. The van der Waals surface area contributed by atoms with E-state index in [2.05, 4.69) is 67.7 Å². The maximum absolute atomic E-state index is 10.5. The molecule has 4 heteroatoms. The summed E-state index contributed by atoms with van der Waals surface area (Å²) in [6.45, 7) is 4.23. The Morgan fingerprint density at radius 2 is 1.76 bits per heavy atom. The van der Waals surface area contributed by atoms with Gasteiger partial charge < -0.3 is 5.11 Å². The van der Waals surface area contributed by atoms with Gasteiger partial charge in [-0.25, -0.2) is 0 Å². The smallest absolute Gasteiger partial charge is 0.126 e. The Morgan fingerprint density at radius 3 is 2.45 bits per heavy atom. The average molecular weight is 405 g/mol. The standard InChI is InChI=1S/C25H25ClN2O/c1-3-17-6-10-18(11-7-17)22-15-23(21-14-20(26)12-13-24(21)29)28-25(27-22)19-8-4-16(2)5-9-19/h4-14,23,25,28-29H,3,15H2,1-2H3/t23-,25-/m0/s1. The predicted octanol–water partition coefficient (Wildman–Crippen LogP) is 6.14. The van der Waals surface area contributed by atoms with Gasteiger partial charge in [-0.05, 0) is 48.2 Å². The van der Waals surface area contributed by atoms with Crippen molar-refractivity contribution < 1.29 is 5.11 Å². The van der Waals surface area contributed by atoms with E-state index >= 15 is 0 Å². The molecular formula is C25H25ClN2O. The number of halogens is 1. The van der Waals surface area contributed by atoms with Crippen LogP contribution in [0.2, 0.25) is 5.02 Å². The van der Waals surface area contributed by atoms with Crippen LogP contribution in [0.4, 0.5) is 0 Å². The molecule has 1 aliphatic rings. The summed E-state index contributed by atoms with van der Waals surface area (Å²) in [5, 5.41) is 14.7. The maximum Gasteiger partial charge on any atom is 0.126 e. The summed E-state index contributed by atoms with van der Waals surface area (Å²) in [5.74, 6) is 0.247. The topological polar surface area (TPSA) is 44.6 Å². The molecule has 1 heterocycles. The lowest BCUT2D eigenvalue weighted by molar-refractivity contribution is 0.412. The summed E-state index contributed by atoms with van der Waals surface area (Å²) in [6, 6.07) is 22.1. The SMILES string of the molecule is CCc1ccc(C2=N[C@H](c3ccc(C)cc3)N[C@H](c3cc(Cl)ccc3O)C2)cc1. The van der Waals surface area contributed by atoms with Gasteiger partial charge in [-0.2, -0.15) is 0 Å². The molecule has 0 aliphatic carbocycles. The fourth-order valence-corrected chi connectivity index (χ4v) is 3.92. The molecule has 0 fully saturated rings. The molecule has 0 bridgehead atoms. The van der Waals surface area contributed by atoms with Crippen molar-refractivity contribution >= 4 is 17.3 Å². The van der Waals surface area contributed by atoms with Crippen LogP contribution >= 0.6 is 11.6 Å². The minimum Gasteiger partial charge on any atom is -0.508 e. The minimum absolute atomic E-state index is 0.0849. The van der Waals surface area contributed by atoms with Crippen LogP contribution < -0.4 is 5.32 Å². The molecule has 3 aromatic carbocycles. The molecule has 0 spiro atoms. The Morgan fingerprint density at radius 1 is 1.03 bits per heavy atom. The number of rotatable bonds is 4. The lowest BCUT2D eigenvalue weighted by atomic mass is 9.93. The van der Waals surface area contributed by atoms with Crippen LogP contribution in [0.25, 0.3) is 0 Å². The van der Waals surface area contributed by atoms with Crippen molar-refractivity contribution in [2.24, 2.45) is 4.99 Å². The van der Waals surface area contributed by atoms with Gasteiger partial charge in [0.25, 0.3) is 0 Å². The highest BCUT2D eigenvalue weighted by atomic mass is 35.5. The Hall–Kier alpha value is -2.62. The summed E-state index contributed by atoms with van der Waals surface area (Å²) < 4.78 is 0. The monoisotopic (exact) mass is 404 g/mol. The minimum atomic E-state index is -0.186. The number of aromatic hydroxyl groups is 1. The first-order chi connectivity index (χ1) is 14.0. The third-order valence-electron chi connectivity index (χ3n) is 5.49. The molecule has 148 valence electrons. The summed E-state index contributed by atoms with van der Waals surface area (Å²) in [4.78, 5) is 5.03. The molecule has 2 N–H and O–H groups in total. The molecule has 1 aliphatic heterocycles. The summed E-state index contributed by atoms with van der Waals surface area (Å²) in [5.41, 5.74) is 6.57. The van der Waals surface area contributed by atoms with Crippen LogP contribution in [-0.4, -0.2) is 10.8 Å². The van der Waals surface area contributed by atoms with E-state index in [1.807, 2.05) is 6.07 Å². The Kier molecular flexibility index (Phi) is 5.70. The first-order valence-electron chi connectivity index (χ1n) is 10.0. The number of aliphatic imine (C=N–C) groups is 1. The van der Waals surface area contributed by atoms with E-state index in [1.165, 1.54) is 11.1 Å². The van der Waals surface area contributed by atoms with Crippen molar-refractivity contribution in [2.45, 2.75) is 38.9 Å². The largest absolute Gasteiger partial charge is 0.508 e. The first kappa shape index (κ1) is 19.7. The first-order valence-corrected chi connectivity index (χ1v) is 10.4. The number of aryl methyl sites for hydroxylation is 2. The zero-order valence-corrected chi connectivity index (χ0v) is 17.4.